The van der Waals surface area contributed by atoms with Crippen LogP contribution in [0.5, 0.6) is 0 Å². The van der Waals surface area contributed by atoms with Crippen LogP contribution in [0.4, 0.5) is 0 Å². The molecule has 0 radical (unpaired) electrons. The van der Waals surface area contributed by atoms with Crippen molar-refractivity contribution in [2.24, 2.45) is 5.73 Å². The topological polar surface area (TPSA) is 69.4 Å². The number of hydrogen-bond donors (Lipinski definition) is 1. The Morgan fingerprint density at radius 3 is 2.64 bits per heavy atom. The van der Waals surface area contributed by atoms with Crippen molar-refractivity contribution in [2.75, 3.05) is 18.6 Å². The lowest BCUT2D eigenvalue weighted by atomic mass is 10.4. The fraction of sp³-hybridized carbons (Fsp3) is 0.833. The van der Waals surface area contributed by atoms with Crippen molar-refractivity contribution in [3.05, 3.63) is 0 Å². The third-order valence-corrected chi connectivity index (χ3v) is 1.83. The summed E-state index contributed by atoms with van der Waals surface area (Å²) in [5, 5.41) is 0. The molecule has 0 rings (SSSR count). The molecule has 0 saturated heterocycles. The molecule has 0 fully saturated rings. The second-order valence-electron chi connectivity index (χ2n) is 2.10. The van der Waals surface area contributed by atoms with Gasteiger partial charge in [-0.3, -0.25) is 9.00 Å². The third kappa shape index (κ3) is 4.92. The summed E-state index contributed by atoms with van der Waals surface area (Å²) in [6.07, 6.45) is 1.50. The lowest BCUT2D eigenvalue weighted by Crippen LogP contribution is -2.37. The number of hydrogen-bond acceptors (Lipinski definition) is 4. The fourth-order valence-corrected chi connectivity index (χ4v) is 1.21. The van der Waals surface area contributed by atoms with Crippen molar-refractivity contribution in [1.82, 2.24) is 0 Å². The second-order valence-corrected chi connectivity index (χ2v) is 3.58. The summed E-state index contributed by atoms with van der Waals surface area (Å²) in [5.74, 6) is -0.318. The Kier molecular flexibility index (Phi) is 5.06. The van der Waals surface area contributed by atoms with E-state index in [-0.39, 0.29) is 5.75 Å². The van der Waals surface area contributed by atoms with E-state index >= 15 is 0 Å². The maximum atomic E-state index is 10.8. The molecule has 4 nitrogen and oxygen atoms in total. The van der Waals surface area contributed by atoms with Gasteiger partial charge in [0.25, 0.3) is 0 Å². The molecule has 0 aromatic carbocycles. The van der Waals surface area contributed by atoms with Crippen LogP contribution in [0, 0.1) is 0 Å². The average Bonchev–Trinajstić information content (AvgIpc) is 1.86. The van der Waals surface area contributed by atoms with Crippen LogP contribution in [0.2, 0.25) is 0 Å². The lowest BCUT2D eigenvalue weighted by Gasteiger charge is -2.07. The van der Waals surface area contributed by atoms with E-state index < -0.39 is 22.8 Å². The van der Waals surface area contributed by atoms with Crippen LogP contribution >= 0.6 is 0 Å². The SMILES string of the molecule is CCOC(=O)[C@@H](N)C[S@](C)=O. The van der Waals surface area contributed by atoms with Crippen LogP contribution in [-0.4, -0.2) is 34.8 Å². The van der Waals surface area contributed by atoms with Gasteiger partial charge >= 0.3 is 5.97 Å². The van der Waals surface area contributed by atoms with Crippen molar-refractivity contribution < 1.29 is 13.7 Å². The number of ether oxygens (including phenoxy) is 1. The van der Waals surface area contributed by atoms with Gasteiger partial charge in [0.15, 0.2) is 0 Å². The second kappa shape index (κ2) is 5.26. The zero-order valence-electron chi connectivity index (χ0n) is 6.70. The van der Waals surface area contributed by atoms with Gasteiger partial charge in [-0.25, -0.2) is 0 Å². The van der Waals surface area contributed by atoms with Gasteiger partial charge in [0.2, 0.25) is 0 Å². The van der Waals surface area contributed by atoms with E-state index in [1.165, 1.54) is 6.26 Å². The maximum Gasteiger partial charge on any atom is 0.323 e. The Morgan fingerprint density at radius 1 is 1.73 bits per heavy atom. The van der Waals surface area contributed by atoms with Crippen LogP contribution < -0.4 is 5.73 Å². The first-order chi connectivity index (χ1) is 5.07. The minimum absolute atomic E-state index is 0.166. The molecule has 0 saturated carbocycles. The number of esters is 1. The van der Waals surface area contributed by atoms with Gasteiger partial charge in [0.05, 0.1) is 6.61 Å². The fourth-order valence-electron chi connectivity index (χ4n) is 0.570. The quantitative estimate of drug-likeness (QED) is 0.577. The third-order valence-electron chi connectivity index (χ3n) is 1.00. The summed E-state index contributed by atoms with van der Waals surface area (Å²) in [6, 6.07) is -0.749. The molecule has 0 bridgehead atoms. The Morgan fingerprint density at radius 2 is 2.27 bits per heavy atom. The summed E-state index contributed by atoms with van der Waals surface area (Å²) in [6.45, 7) is 2.01. The van der Waals surface area contributed by atoms with Gasteiger partial charge in [-0.1, -0.05) is 0 Å². The van der Waals surface area contributed by atoms with Crippen molar-refractivity contribution in [3.63, 3.8) is 0 Å². The van der Waals surface area contributed by atoms with Crippen LogP contribution in [0.1, 0.15) is 6.92 Å². The van der Waals surface area contributed by atoms with Crippen LogP contribution in [-0.2, 0) is 20.3 Å². The highest BCUT2D eigenvalue weighted by Crippen LogP contribution is 1.87. The first kappa shape index (κ1) is 10.6. The van der Waals surface area contributed by atoms with E-state index in [1.807, 2.05) is 0 Å². The zero-order chi connectivity index (χ0) is 8.85. The first-order valence-electron chi connectivity index (χ1n) is 3.30. The number of rotatable bonds is 4. The highest BCUT2D eigenvalue weighted by Gasteiger charge is 2.15. The zero-order valence-corrected chi connectivity index (χ0v) is 7.52. The normalized spacial score (nSPS) is 15.5. The first-order valence-corrected chi connectivity index (χ1v) is 5.03. The molecule has 11 heavy (non-hydrogen) atoms. The van der Waals surface area contributed by atoms with E-state index in [1.54, 1.807) is 6.92 Å². The van der Waals surface area contributed by atoms with Gasteiger partial charge in [-0.05, 0) is 6.92 Å². The summed E-state index contributed by atoms with van der Waals surface area (Å²) in [4.78, 5) is 10.8. The Balaban J connectivity index is 3.73. The van der Waals surface area contributed by atoms with Crippen LogP contribution in [0.15, 0.2) is 0 Å². The van der Waals surface area contributed by atoms with E-state index in [9.17, 15) is 9.00 Å². The minimum Gasteiger partial charge on any atom is -0.465 e. The Hall–Kier alpha value is -0.420. The molecule has 0 spiro atoms. The molecule has 2 N–H and O–H groups in total. The van der Waals surface area contributed by atoms with Crippen molar-refractivity contribution in [2.45, 2.75) is 13.0 Å². The molecular formula is C6H13NO3S. The van der Waals surface area contributed by atoms with Crippen molar-refractivity contribution >= 4 is 16.8 Å². The summed E-state index contributed by atoms with van der Waals surface area (Å²) >= 11 is 0. The molecule has 0 heterocycles. The standard InChI is InChI=1S/C6H13NO3S/c1-3-10-6(8)5(7)4-11(2)9/h5H,3-4,7H2,1-2H3/t5-,11-/m0/s1. The minimum atomic E-state index is -1.05. The van der Waals surface area contributed by atoms with Crippen molar-refractivity contribution in [3.8, 4) is 0 Å². The number of carbonyl (C=O) groups is 1. The molecule has 0 unspecified atom stereocenters. The Bertz CT molecular complexity index is 160. The van der Waals surface area contributed by atoms with Gasteiger partial charge in [0.1, 0.15) is 6.04 Å². The molecule has 66 valence electrons. The predicted octanol–water partition coefficient (Wildman–Crippen LogP) is -0.745. The number of carbonyl (C=O) groups excluding carboxylic acids is 1. The molecule has 0 aromatic heterocycles. The van der Waals surface area contributed by atoms with Gasteiger partial charge < -0.3 is 10.5 Å². The molecular weight excluding hydrogens is 166 g/mol. The highest BCUT2D eigenvalue weighted by atomic mass is 32.2. The van der Waals surface area contributed by atoms with Crippen LogP contribution in [0.25, 0.3) is 0 Å². The van der Waals surface area contributed by atoms with Crippen molar-refractivity contribution in [1.29, 1.82) is 0 Å². The average molecular weight is 179 g/mol. The molecule has 5 heteroatoms. The van der Waals surface area contributed by atoms with Gasteiger partial charge in [-0.2, -0.15) is 0 Å². The maximum absolute atomic E-state index is 10.8. The van der Waals surface area contributed by atoms with E-state index in [0.717, 1.165) is 0 Å². The highest BCUT2D eigenvalue weighted by molar-refractivity contribution is 7.84. The summed E-state index contributed by atoms with van der Waals surface area (Å²) in [7, 11) is -1.05. The molecule has 2 atom stereocenters. The largest absolute Gasteiger partial charge is 0.465 e. The molecule has 0 amide bonds. The van der Waals surface area contributed by atoms with E-state index in [0.29, 0.717) is 6.61 Å². The van der Waals surface area contributed by atoms with E-state index in [4.69, 9.17) is 5.73 Å². The summed E-state index contributed by atoms with van der Waals surface area (Å²) in [5.41, 5.74) is 5.34. The van der Waals surface area contributed by atoms with E-state index in [2.05, 4.69) is 4.74 Å². The number of nitrogens with two attached hydrogens (primary N) is 1. The van der Waals surface area contributed by atoms with Gasteiger partial charge in [-0.15, -0.1) is 0 Å². The lowest BCUT2D eigenvalue weighted by molar-refractivity contribution is -0.144. The molecule has 0 aliphatic heterocycles. The predicted molar refractivity (Wildman–Crippen MR) is 43.5 cm³/mol. The molecule has 0 aliphatic rings. The molecule has 0 aromatic rings. The van der Waals surface area contributed by atoms with Gasteiger partial charge in [0, 0.05) is 22.8 Å². The Labute approximate surface area is 68.6 Å². The smallest absolute Gasteiger partial charge is 0.323 e. The molecule has 0 aliphatic carbocycles. The summed E-state index contributed by atoms with van der Waals surface area (Å²) < 4.78 is 15.2. The monoisotopic (exact) mass is 179 g/mol. The van der Waals surface area contributed by atoms with Crippen LogP contribution in [0.3, 0.4) is 0 Å².